The molecule has 64 valence electrons. The second kappa shape index (κ2) is 4.87. The van der Waals surface area contributed by atoms with Crippen LogP contribution in [0.25, 0.3) is 0 Å². The van der Waals surface area contributed by atoms with Crippen LogP contribution in [0, 0.1) is 5.92 Å². The molecule has 0 radical (unpaired) electrons. The number of hydrogen-bond donors (Lipinski definition) is 0. The fraction of sp³-hybridized carbons (Fsp3) is 0.800. The number of rotatable bonds is 5. The summed E-state index contributed by atoms with van der Waals surface area (Å²) in [6.07, 6.45) is 6.88. The van der Waals surface area contributed by atoms with Gasteiger partial charge >= 0.3 is 0 Å². The molecule has 0 spiro atoms. The molecule has 0 nitrogen and oxygen atoms in total. The van der Waals surface area contributed by atoms with Gasteiger partial charge < -0.3 is 0 Å². The van der Waals surface area contributed by atoms with E-state index >= 15 is 0 Å². The summed E-state index contributed by atoms with van der Waals surface area (Å²) < 4.78 is 0. The highest BCUT2D eigenvalue weighted by Crippen LogP contribution is 2.37. The largest absolute Gasteiger partial charge is 0.131 e. The Hall–Kier alpha value is 0.0900. The standard InChI is InChI=1S/C10H18S/c1-3-4-8-11-9(2)10-6-5-7-10/h10H,2-8H2,1H3. The Bertz CT molecular complexity index is 125. The molecule has 1 fully saturated rings. The molecule has 0 unspecified atom stereocenters. The van der Waals surface area contributed by atoms with Crippen LogP contribution < -0.4 is 0 Å². The summed E-state index contributed by atoms with van der Waals surface area (Å²) in [5.74, 6) is 2.16. The Labute approximate surface area is 74.5 Å². The minimum absolute atomic E-state index is 0.872. The maximum atomic E-state index is 4.11. The Morgan fingerprint density at radius 1 is 1.55 bits per heavy atom. The molecule has 0 saturated heterocycles. The SMILES string of the molecule is C=C(SCCCC)C1CCC1. The third-order valence-corrected chi connectivity index (χ3v) is 3.54. The average molecular weight is 170 g/mol. The number of allylic oxidation sites excluding steroid dienone is 1. The van der Waals surface area contributed by atoms with Gasteiger partial charge in [0.25, 0.3) is 0 Å². The van der Waals surface area contributed by atoms with E-state index in [1.165, 1.54) is 42.8 Å². The van der Waals surface area contributed by atoms with Crippen LogP contribution in [0.3, 0.4) is 0 Å². The summed E-state index contributed by atoms with van der Waals surface area (Å²) in [5.41, 5.74) is 0. The predicted molar refractivity (Wildman–Crippen MR) is 53.8 cm³/mol. The molecule has 0 aromatic rings. The van der Waals surface area contributed by atoms with E-state index in [4.69, 9.17) is 0 Å². The fourth-order valence-corrected chi connectivity index (χ4v) is 2.36. The molecule has 0 aromatic carbocycles. The first-order chi connectivity index (χ1) is 5.34. The molecule has 0 N–H and O–H groups in total. The van der Waals surface area contributed by atoms with Crippen LogP contribution in [0.15, 0.2) is 11.5 Å². The predicted octanol–water partition coefficient (Wildman–Crippen LogP) is 3.83. The van der Waals surface area contributed by atoms with Crippen LogP contribution in [-0.4, -0.2) is 5.75 Å². The van der Waals surface area contributed by atoms with Crippen LogP contribution in [0.2, 0.25) is 0 Å². The summed E-state index contributed by atoms with van der Waals surface area (Å²) >= 11 is 1.99. The van der Waals surface area contributed by atoms with Gasteiger partial charge in [-0.05, 0) is 35.8 Å². The van der Waals surface area contributed by atoms with Gasteiger partial charge in [-0.2, -0.15) is 0 Å². The molecule has 0 aromatic heterocycles. The third kappa shape index (κ3) is 2.90. The molecule has 0 atom stereocenters. The van der Waals surface area contributed by atoms with E-state index in [9.17, 15) is 0 Å². The van der Waals surface area contributed by atoms with Crippen molar-refractivity contribution in [1.82, 2.24) is 0 Å². The summed E-state index contributed by atoms with van der Waals surface area (Å²) in [7, 11) is 0. The normalized spacial score (nSPS) is 17.9. The van der Waals surface area contributed by atoms with Gasteiger partial charge in [0.05, 0.1) is 0 Å². The summed E-state index contributed by atoms with van der Waals surface area (Å²) in [4.78, 5) is 1.45. The van der Waals surface area contributed by atoms with Crippen molar-refractivity contribution in [2.75, 3.05) is 5.75 Å². The van der Waals surface area contributed by atoms with Gasteiger partial charge in [0.2, 0.25) is 0 Å². The lowest BCUT2D eigenvalue weighted by Gasteiger charge is -2.26. The van der Waals surface area contributed by atoms with Gasteiger partial charge in [-0.3, -0.25) is 0 Å². The van der Waals surface area contributed by atoms with Crippen molar-refractivity contribution in [3.63, 3.8) is 0 Å². The quantitative estimate of drug-likeness (QED) is 0.565. The van der Waals surface area contributed by atoms with Gasteiger partial charge in [-0.15, -0.1) is 11.8 Å². The van der Waals surface area contributed by atoms with Gasteiger partial charge in [0.1, 0.15) is 0 Å². The van der Waals surface area contributed by atoms with Crippen molar-refractivity contribution >= 4 is 11.8 Å². The Morgan fingerprint density at radius 2 is 2.27 bits per heavy atom. The third-order valence-electron chi connectivity index (χ3n) is 2.35. The van der Waals surface area contributed by atoms with Crippen molar-refractivity contribution in [3.05, 3.63) is 11.5 Å². The van der Waals surface area contributed by atoms with Crippen LogP contribution in [0.1, 0.15) is 39.0 Å². The first-order valence-corrected chi connectivity index (χ1v) is 5.64. The lowest BCUT2D eigenvalue weighted by atomic mass is 9.85. The highest BCUT2D eigenvalue weighted by molar-refractivity contribution is 8.03. The first kappa shape index (κ1) is 9.18. The molecular formula is C10H18S. The number of thioether (sulfide) groups is 1. The van der Waals surface area contributed by atoms with Crippen molar-refractivity contribution in [2.45, 2.75) is 39.0 Å². The smallest absolute Gasteiger partial charge is 0.00234 e. The van der Waals surface area contributed by atoms with Crippen LogP contribution in [0.4, 0.5) is 0 Å². The monoisotopic (exact) mass is 170 g/mol. The van der Waals surface area contributed by atoms with E-state index in [0.29, 0.717) is 0 Å². The zero-order chi connectivity index (χ0) is 8.10. The topological polar surface area (TPSA) is 0 Å². The van der Waals surface area contributed by atoms with Gasteiger partial charge in [-0.1, -0.05) is 26.3 Å². The maximum absolute atomic E-state index is 4.11. The summed E-state index contributed by atoms with van der Waals surface area (Å²) in [5, 5.41) is 0. The van der Waals surface area contributed by atoms with E-state index in [1.54, 1.807) is 0 Å². The fourth-order valence-electron chi connectivity index (χ4n) is 1.20. The van der Waals surface area contributed by atoms with Crippen molar-refractivity contribution in [2.24, 2.45) is 5.92 Å². The Morgan fingerprint density at radius 3 is 2.73 bits per heavy atom. The Kier molecular flexibility index (Phi) is 4.06. The molecule has 1 rings (SSSR count). The molecule has 0 bridgehead atoms. The van der Waals surface area contributed by atoms with Gasteiger partial charge in [-0.25, -0.2) is 0 Å². The van der Waals surface area contributed by atoms with Crippen LogP contribution in [-0.2, 0) is 0 Å². The summed E-state index contributed by atoms with van der Waals surface area (Å²) in [6, 6.07) is 0. The second-order valence-corrected chi connectivity index (χ2v) is 4.52. The van der Waals surface area contributed by atoms with E-state index in [2.05, 4.69) is 13.5 Å². The molecule has 0 heterocycles. The molecule has 1 aliphatic carbocycles. The first-order valence-electron chi connectivity index (χ1n) is 4.66. The van der Waals surface area contributed by atoms with Crippen molar-refractivity contribution in [1.29, 1.82) is 0 Å². The van der Waals surface area contributed by atoms with Gasteiger partial charge in [0.15, 0.2) is 0 Å². The van der Waals surface area contributed by atoms with E-state index in [1.807, 2.05) is 11.8 Å². The zero-order valence-electron chi connectivity index (χ0n) is 7.44. The highest BCUT2D eigenvalue weighted by Gasteiger charge is 2.19. The van der Waals surface area contributed by atoms with E-state index in [-0.39, 0.29) is 0 Å². The minimum Gasteiger partial charge on any atom is -0.131 e. The highest BCUT2D eigenvalue weighted by atomic mass is 32.2. The summed E-state index contributed by atoms with van der Waals surface area (Å²) in [6.45, 7) is 6.35. The van der Waals surface area contributed by atoms with E-state index in [0.717, 1.165) is 5.92 Å². The molecule has 0 amide bonds. The molecule has 11 heavy (non-hydrogen) atoms. The maximum Gasteiger partial charge on any atom is -0.00234 e. The van der Waals surface area contributed by atoms with E-state index < -0.39 is 0 Å². The van der Waals surface area contributed by atoms with Crippen molar-refractivity contribution < 1.29 is 0 Å². The number of unbranched alkanes of at least 4 members (excludes halogenated alkanes) is 1. The number of hydrogen-bond acceptors (Lipinski definition) is 1. The second-order valence-electron chi connectivity index (χ2n) is 3.30. The molecule has 1 heteroatoms. The molecular weight excluding hydrogens is 152 g/mol. The lowest BCUT2D eigenvalue weighted by molar-refractivity contribution is 0.383. The average Bonchev–Trinajstić information content (AvgIpc) is 1.84. The van der Waals surface area contributed by atoms with Gasteiger partial charge in [0, 0.05) is 0 Å². The Balaban J connectivity index is 2.01. The van der Waals surface area contributed by atoms with Crippen LogP contribution in [0.5, 0.6) is 0 Å². The molecule has 1 aliphatic rings. The zero-order valence-corrected chi connectivity index (χ0v) is 8.25. The molecule has 0 aliphatic heterocycles. The minimum atomic E-state index is 0.872. The van der Waals surface area contributed by atoms with Crippen LogP contribution >= 0.6 is 11.8 Å². The van der Waals surface area contributed by atoms with Crippen molar-refractivity contribution in [3.8, 4) is 0 Å². The lowest BCUT2D eigenvalue weighted by Crippen LogP contribution is -2.11. The molecule has 1 saturated carbocycles.